The topological polar surface area (TPSA) is 29.5 Å². The van der Waals surface area contributed by atoms with E-state index in [2.05, 4.69) is 0 Å². The van der Waals surface area contributed by atoms with Crippen molar-refractivity contribution in [2.24, 2.45) is 11.8 Å². The lowest BCUT2D eigenvalue weighted by atomic mass is 9.83. The highest BCUT2D eigenvalue weighted by atomic mass is 16.5. The number of phenolic OH excluding ortho intramolecular Hbond substituents is 1. The molecular weight excluding hydrogens is 200 g/mol. The molecule has 0 amide bonds. The van der Waals surface area contributed by atoms with Crippen LogP contribution in [0, 0.1) is 11.8 Å². The second kappa shape index (κ2) is 3.69. The molecule has 0 radical (unpaired) electrons. The van der Waals surface area contributed by atoms with Gasteiger partial charge in [0.05, 0.1) is 7.11 Å². The molecule has 0 aliphatic heterocycles. The van der Waals surface area contributed by atoms with Crippen LogP contribution in [-0.4, -0.2) is 12.2 Å². The van der Waals surface area contributed by atoms with Crippen molar-refractivity contribution in [3.8, 4) is 11.5 Å². The number of aromatic hydroxyl groups is 1. The zero-order chi connectivity index (χ0) is 11.1. The Hall–Kier alpha value is -1.18. The second-order valence-electron chi connectivity index (χ2n) is 5.21. The van der Waals surface area contributed by atoms with Crippen molar-refractivity contribution in [1.29, 1.82) is 0 Å². The minimum atomic E-state index is 0.443. The molecule has 2 fully saturated rings. The van der Waals surface area contributed by atoms with Crippen LogP contribution in [0.25, 0.3) is 0 Å². The van der Waals surface area contributed by atoms with Crippen LogP contribution in [0.3, 0.4) is 0 Å². The van der Waals surface area contributed by atoms with Crippen molar-refractivity contribution in [3.63, 3.8) is 0 Å². The molecule has 2 bridgehead atoms. The molecule has 2 aliphatic rings. The number of ether oxygens (including phenoxy) is 1. The van der Waals surface area contributed by atoms with Gasteiger partial charge in [-0.05, 0) is 55.2 Å². The van der Waals surface area contributed by atoms with E-state index in [-0.39, 0.29) is 0 Å². The predicted molar refractivity (Wildman–Crippen MR) is 62.8 cm³/mol. The molecular formula is C14H18O2. The zero-order valence-corrected chi connectivity index (χ0v) is 9.65. The fraction of sp³-hybridized carbons (Fsp3) is 0.571. The highest BCUT2D eigenvalue weighted by Gasteiger charge is 2.41. The van der Waals surface area contributed by atoms with Crippen LogP contribution in [-0.2, 0) is 0 Å². The SMILES string of the molecule is COc1ccc(O)c(C2CC3CCC2C3)c1. The standard InChI is InChI=1S/C14H18O2/c1-16-11-4-5-14(15)13(8-11)12-7-9-2-3-10(12)6-9/h4-5,8-10,12,15H,2-3,6-7H2,1H3. The van der Waals surface area contributed by atoms with Gasteiger partial charge in [-0.25, -0.2) is 0 Å². The average Bonchev–Trinajstić information content (AvgIpc) is 2.91. The number of fused-ring (bicyclic) bond motifs is 2. The number of hydrogen-bond donors (Lipinski definition) is 1. The summed E-state index contributed by atoms with van der Waals surface area (Å²) in [6.07, 6.45) is 5.35. The number of hydrogen-bond acceptors (Lipinski definition) is 2. The average molecular weight is 218 g/mol. The number of rotatable bonds is 2. The van der Waals surface area contributed by atoms with Crippen molar-refractivity contribution >= 4 is 0 Å². The molecule has 3 atom stereocenters. The molecule has 2 nitrogen and oxygen atoms in total. The largest absolute Gasteiger partial charge is 0.508 e. The molecule has 3 rings (SSSR count). The summed E-state index contributed by atoms with van der Waals surface area (Å²) in [6.45, 7) is 0. The number of benzene rings is 1. The zero-order valence-electron chi connectivity index (χ0n) is 9.65. The Balaban J connectivity index is 1.93. The summed E-state index contributed by atoms with van der Waals surface area (Å²) in [5.74, 6) is 3.56. The summed E-state index contributed by atoms with van der Waals surface area (Å²) in [7, 11) is 1.68. The summed E-state index contributed by atoms with van der Waals surface area (Å²) in [5.41, 5.74) is 1.10. The molecule has 2 aliphatic carbocycles. The van der Waals surface area contributed by atoms with E-state index >= 15 is 0 Å². The first-order valence-corrected chi connectivity index (χ1v) is 6.15. The monoisotopic (exact) mass is 218 g/mol. The van der Waals surface area contributed by atoms with Crippen molar-refractivity contribution in [1.82, 2.24) is 0 Å². The van der Waals surface area contributed by atoms with Gasteiger partial charge in [0.1, 0.15) is 11.5 Å². The van der Waals surface area contributed by atoms with Gasteiger partial charge >= 0.3 is 0 Å². The molecule has 16 heavy (non-hydrogen) atoms. The van der Waals surface area contributed by atoms with Crippen molar-refractivity contribution in [3.05, 3.63) is 23.8 Å². The Labute approximate surface area is 96.2 Å². The highest BCUT2D eigenvalue weighted by molar-refractivity contribution is 5.42. The van der Waals surface area contributed by atoms with Gasteiger partial charge in [-0.2, -0.15) is 0 Å². The Morgan fingerprint density at radius 1 is 1.25 bits per heavy atom. The highest BCUT2D eigenvalue weighted by Crippen LogP contribution is 2.54. The van der Waals surface area contributed by atoms with Gasteiger partial charge in [-0.15, -0.1) is 0 Å². The van der Waals surface area contributed by atoms with Crippen molar-refractivity contribution in [2.45, 2.75) is 31.6 Å². The summed E-state index contributed by atoms with van der Waals surface area (Å²) < 4.78 is 5.24. The van der Waals surface area contributed by atoms with E-state index in [1.165, 1.54) is 25.7 Å². The van der Waals surface area contributed by atoms with Crippen LogP contribution < -0.4 is 4.74 Å². The Kier molecular flexibility index (Phi) is 2.31. The van der Waals surface area contributed by atoms with Crippen LogP contribution in [0.15, 0.2) is 18.2 Å². The lowest BCUT2D eigenvalue weighted by Gasteiger charge is -2.23. The second-order valence-corrected chi connectivity index (χ2v) is 5.21. The van der Waals surface area contributed by atoms with E-state index in [0.29, 0.717) is 11.7 Å². The lowest BCUT2D eigenvalue weighted by Crippen LogP contribution is -2.08. The van der Waals surface area contributed by atoms with Gasteiger partial charge in [0, 0.05) is 5.56 Å². The fourth-order valence-corrected chi connectivity index (χ4v) is 3.58. The van der Waals surface area contributed by atoms with Crippen LogP contribution in [0.4, 0.5) is 0 Å². The molecule has 0 saturated heterocycles. The van der Waals surface area contributed by atoms with Crippen molar-refractivity contribution in [2.75, 3.05) is 7.11 Å². The van der Waals surface area contributed by atoms with Crippen LogP contribution in [0.2, 0.25) is 0 Å². The third-order valence-corrected chi connectivity index (χ3v) is 4.37. The first-order chi connectivity index (χ1) is 7.78. The van der Waals surface area contributed by atoms with Crippen LogP contribution in [0.1, 0.15) is 37.2 Å². The quantitative estimate of drug-likeness (QED) is 0.825. The molecule has 0 spiro atoms. The van der Waals surface area contributed by atoms with Gasteiger partial charge in [-0.1, -0.05) is 6.42 Å². The normalized spacial score (nSPS) is 31.9. The summed E-state index contributed by atoms with van der Waals surface area (Å²) in [6, 6.07) is 5.60. The minimum absolute atomic E-state index is 0.443. The van der Waals surface area contributed by atoms with Gasteiger partial charge in [0.25, 0.3) is 0 Å². The summed E-state index contributed by atoms with van der Waals surface area (Å²) in [4.78, 5) is 0. The Morgan fingerprint density at radius 3 is 2.75 bits per heavy atom. The fourth-order valence-electron chi connectivity index (χ4n) is 3.58. The van der Waals surface area contributed by atoms with Crippen LogP contribution in [0.5, 0.6) is 11.5 Å². The van der Waals surface area contributed by atoms with E-state index in [4.69, 9.17) is 4.74 Å². The smallest absolute Gasteiger partial charge is 0.119 e. The minimum Gasteiger partial charge on any atom is -0.508 e. The van der Waals surface area contributed by atoms with Gasteiger partial charge in [-0.3, -0.25) is 0 Å². The third-order valence-electron chi connectivity index (χ3n) is 4.37. The van der Waals surface area contributed by atoms with E-state index in [9.17, 15) is 5.11 Å². The van der Waals surface area contributed by atoms with Gasteiger partial charge in [0.2, 0.25) is 0 Å². The molecule has 2 saturated carbocycles. The van der Waals surface area contributed by atoms with E-state index in [0.717, 1.165) is 23.1 Å². The molecule has 1 aromatic carbocycles. The van der Waals surface area contributed by atoms with Gasteiger partial charge in [0.15, 0.2) is 0 Å². The first-order valence-electron chi connectivity index (χ1n) is 6.15. The predicted octanol–water partition coefficient (Wildman–Crippen LogP) is 3.30. The van der Waals surface area contributed by atoms with E-state index < -0.39 is 0 Å². The molecule has 0 aromatic heterocycles. The lowest BCUT2D eigenvalue weighted by molar-refractivity contribution is 0.387. The molecule has 1 N–H and O–H groups in total. The first kappa shape index (κ1) is 10.0. The molecule has 3 unspecified atom stereocenters. The van der Waals surface area contributed by atoms with E-state index in [1.807, 2.05) is 12.1 Å². The third kappa shape index (κ3) is 1.48. The molecule has 1 aromatic rings. The molecule has 0 heterocycles. The maximum absolute atomic E-state index is 9.96. The maximum atomic E-state index is 9.96. The number of phenols is 1. The number of methoxy groups -OCH3 is 1. The Morgan fingerprint density at radius 2 is 2.12 bits per heavy atom. The van der Waals surface area contributed by atoms with Crippen molar-refractivity contribution < 1.29 is 9.84 Å². The van der Waals surface area contributed by atoms with E-state index in [1.54, 1.807) is 13.2 Å². The molecule has 86 valence electrons. The Bertz CT molecular complexity index is 400. The molecule has 2 heteroatoms. The maximum Gasteiger partial charge on any atom is 0.119 e. The van der Waals surface area contributed by atoms with Gasteiger partial charge < -0.3 is 9.84 Å². The summed E-state index contributed by atoms with van der Waals surface area (Å²) in [5, 5.41) is 9.96. The van der Waals surface area contributed by atoms with Crippen LogP contribution >= 0.6 is 0 Å². The summed E-state index contributed by atoms with van der Waals surface area (Å²) >= 11 is 0.